The molecule has 102 valence electrons. The third-order valence-electron chi connectivity index (χ3n) is 2.78. The van der Waals surface area contributed by atoms with Crippen molar-refractivity contribution in [1.82, 2.24) is 9.97 Å². The lowest BCUT2D eigenvalue weighted by atomic mass is 10.0. The Bertz CT molecular complexity index is 553. The molecule has 3 N–H and O–H groups in total. The molecule has 0 bridgehead atoms. The Morgan fingerprint density at radius 3 is 2.79 bits per heavy atom. The van der Waals surface area contributed by atoms with Gasteiger partial charge in [-0.1, -0.05) is 13.8 Å². The average Bonchev–Trinajstić information content (AvgIpc) is 2.74. The van der Waals surface area contributed by atoms with Gasteiger partial charge in [-0.2, -0.15) is 0 Å². The van der Waals surface area contributed by atoms with Gasteiger partial charge in [-0.3, -0.25) is 0 Å². The van der Waals surface area contributed by atoms with Crippen LogP contribution in [0.15, 0.2) is 22.2 Å². The summed E-state index contributed by atoms with van der Waals surface area (Å²) in [5.41, 5.74) is 6.91. The van der Waals surface area contributed by atoms with Crippen LogP contribution in [0.5, 0.6) is 0 Å². The third-order valence-corrected chi connectivity index (χ3v) is 4.47. The van der Waals surface area contributed by atoms with E-state index in [0.29, 0.717) is 11.7 Å². The van der Waals surface area contributed by atoms with E-state index in [-0.39, 0.29) is 0 Å². The number of nitrogens with zero attached hydrogens (tertiary/aromatic N) is 2. The second kappa shape index (κ2) is 6.34. The number of aromatic nitrogens is 2. The Morgan fingerprint density at radius 2 is 2.16 bits per heavy atom. The van der Waals surface area contributed by atoms with Gasteiger partial charge < -0.3 is 11.1 Å². The smallest absolute Gasteiger partial charge is 0.134 e. The fourth-order valence-corrected chi connectivity index (χ4v) is 3.39. The number of rotatable bonds is 5. The van der Waals surface area contributed by atoms with E-state index in [1.807, 2.05) is 0 Å². The highest BCUT2D eigenvalue weighted by Crippen LogP contribution is 2.26. The second-order valence-corrected chi connectivity index (χ2v) is 7.11. The van der Waals surface area contributed by atoms with Gasteiger partial charge in [-0.15, -0.1) is 11.3 Å². The molecule has 0 aliphatic carbocycles. The van der Waals surface area contributed by atoms with Crippen LogP contribution in [-0.2, 0) is 6.42 Å². The van der Waals surface area contributed by atoms with Crippen LogP contribution in [0.4, 0.5) is 11.6 Å². The van der Waals surface area contributed by atoms with Crippen LogP contribution in [0, 0.1) is 0 Å². The van der Waals surface area contributed by atoms with Crippen molar-refractivity contribution in [3.8, 4) is 0 Å². The molecule has 0 saturated heterocycles. The van der Waals surface area contributed by atoms with Crippen LogP contribution in [0.25, 0.3) is 0 Å². The molecule has 6 heteroatoms. The molecule has 0 radical (unpaired) electrons. The minimum absolute atomic E-state index is 0.305. The Balaban J connectivity index is 2.01. The van der Waals surface area contributed by atoms with E-state index in [9.17, 15) is 0 Å². The first-order valence-corrected chi connectivity index (χ1v) is 7.77. The maximum Gasteiger partial charge on any atom is 0.134 e. The van der Waals surface area contributed by atoms with Crippen molar-refractivity contribution in [1.29, 1.82) is 0 Å². The minimum Gasteiger partial charge on any atom is -0.383 e. The molecule has 19 heavy (non-hydrogen) atoms. The normalized spacial score (nSPS) is 10.9. The molecule has 0 aliphatic heterocycles. The topological polar surface area (TPSA) is 63.8 Å². The molecule has 2 aromatic heterocycles. The van der Waals surface area contributed by atoms with Crippen LogP contribution in [0.2, 0.25) is 0 Å². The number of nitrogen functional groups attached to an aromatic ring is 1. The van der Waals surface area contributed by atoms with Crippen LogP contribution >= 0.6 is 27.3 Å². The zero-order chi connectivity index (χ0) is 13.8. The maximum atomic E-state index is 5.91. The van der Waals surface area contributed by atoms with E-state index in [2.05, 4.69) is 57.2 Å². The summed E-state index contributed by atoms with van der Waals surface area (Å²) in [6.07, 6.45) is 2.48. The second-order valence-electron chi connectivity index (χ2n) is 4.56. The fourth-order valence-electron chi connectivity index (χ4n) is 1.91. The fraction of sp³-hybridized carbons (Fsp3) is 0.385. The largest absolute Gasteiger partial charge is 0.383 e. The van der Waals surface area contributed by atoms with Crippen molar-refractivity contribution >= 4 is 38.9 Å². The highest BCUT2D eigenvalue weighted by atomic mass is 79.9. The van der Waals surface area contributed by atoms with Crippen molar-refractivity contribution in [2.75, 3.05) is 17.6 Å². The molecule has 0 saturated carbocycles. The van der Waals surface area contributed by atoms with Crippen molar-refractivity contribution in [2.24, 2.45) is 0 Å². The molecular weight excluding hydrogens is 324 g/mol. The monoisotopic (exact) mass is 340 g/mol. The number of nitrogens with two attached hydrogens (primary N) is 1. The Hall–Kier alpha value is -1.14. The van der Waals surface area contributed by atoms with Crippen LogP contribution in [-0.4, -0.2) is 16.5 Å². The van der Waals surface area contributed by atoms with E-state index < -0.39 is 0 Å². The van der Waals surface area contributed by atoms with Crippen molar-refractivity contribution < 1.29 is 0 Å². The van der Waals surface area contributed by atoms with Gasteiger partial charge in [0, 0.05) is 17.0 Å². The zero-order valence-corrected chi connectivity index (χ0v) is 13.4. The Morgan fingerprint density at radius 1 is 1.37 bits per heavy atom. The molecule has 0 fully saturated rings. The molecule has 0 atom stereocenters. The lowest BCUT2D eigenvalue weighted by molar-refractivity contribution is 0.848. The standard InChI is InChI=1S/C13H17BrN4S/c1-8(2)11-12(15)17-7-18-13(11)16-6-5-9-3-4-10(14)19-9/h3-4,7-8H,5-6H2,1-2H3,(H3,15,16,17,18). The summed E-state index contributed by atoms with van der Waals surface area (Å²) in [5.74, 6) is 1.71. The van der Waals surface area contributed by atoms with Gasteiger partial charge in [0.25, 0.3) is 0 Å². The summed E-state index contributed by atoms with van der Waals surface area (Å²) in [4.78, 5) is 9.68. The first kappa shape index (κ1) is 14.3. The van der Waals surface area contributed by atoms with Crippen LogP contribution in [0.1, 0.15) is 30.2 Å². The summed E-state index contributed by atoms with van der Waals surface area (Å²) in [6.45, 7) is 5.02. The Kier molecular flexibility index (Phi) is 4.76. The molecule has 0 spiro atoms. The van der Waals surface area contributed by atoms with E-state index in [0.717, 1.165) is 28.1 Å². The van der Waals surface area contributed by atoms with Gasteiger partial charge in [0.2, 0.25) is 0 Å². The van der Waals surface area contributed by atoms with Gasteiger partial charge in [0.05, 0.1) is 3.79 Å². The predicted octanol–water partition coefficient (Wildman–Crippen LogP) is 3.66. The Labute approximate surface area is 125 Å². The van der Waals surface area contributed by atoms with E-state index >= 15 is 0 Å². The number of hydrogen-bond acceptors (Lipinski definition) is 5. The van der Waals surface area contributed by atoms with Gasteiger partial charge in [-0.25, -0.2) is 9.97 Å². The van der Waals surface area contributed by atoms with E-state index in [1.165, 1.54) is 11.2 Å². The summed E-state index contributed by atoms with van der Waals surface area (Å²) in [5, 5.41) is 3.35. The summed E-state index contributed by atoms with van der Waals surface area (Å²) in [7, 11) is 0. The highest BCUT2D eigenvalue weighted by molar-refractivity contribution is 9.11. The van der Waals surface area contributed by atoms with Gasteiger partial charge in [0.15, 0.2) is 0 Å². The highest BCUT2D eigenvalue weighted by Gasteiger charge is 2.12. The number of anilines is 2. The van der Waals surface area contributed by atoms with Crippen molar-refractivity contribution in [3.05, 3.63) is 32.7 Å². The molecule has 0 aliphatic rings. The number of hydrogen-bond donors (Lipinski definition) is 2. The van der Waals surface area contributed by atoms with Gasteiger partial charge in [0.1, 0.15) is 18.0 Å². The van der Waals surface area contributed by atoms with Gasteiger partial charge >= 0.3 is 0 Å². The summed E-state index contributed by atoms with van der Waals surface area (Å²) in [6, 6.07) is 4.20. The number of nitrogens with one attached hydrogen (secondary N) is 1. The molecule has 0 amide bonds. The maximum absolute atomic E-state index is 5.91. The first-order chi connectivity index (χ1) is 9.08. The molecule has 0 aromatic carbocycles. The van der Waals surface area contributed by atoms with Crippen molar-refractivity contribution in [3.63, 3.8) is 0 Å². The average molecular weight is 341 g/mol. The number of thiophene rings is 1. The van der Waals surface area contributed by atoms with Gasteiger partial charge in [-0.05, 0) is 40.4 Å². The SMILES string of the molecule is CC(C)c1c(N)ncnc1NCCc1ccc(Br)s1. The summed E-state index contributed by atoms with van der Waals surface area (Å²) < 4.78 is 1.16. The van der Waals surface area contributed by atoms with E-state index in [4.69, 9.17) is 5.73 Å². The third kappa shape index (κ3) is 3.67. The number of halogens is 1. The van der Waals surface area contributed by atoms with Crippen LogP contribution in [0.3, 0.4) is 0 Å². The zero-order valence-electron chi connectivity index (χ0n) is 11.0. The van der Waals surface area contributed by atoms with Crippen molar-refractivity contribution in [2.45, 2.75) is 26.2 Å². The lowest BCUT2D eigenvalue weighted by Gasteiger charge is -2.14. The molecule has 2 rings (SSSR count). The first-order valence-electron chi connectivity index (χ1n) is 6.16. The molecule has 2 heterocycles. The van der Waals surface area contributed by atoms with E-state index in [1.54, 1.807) is 11.3 Å². The van der Waals surface area contributed by atoms with Crippen LogP contribution < -0.4 is 11.1 Å². The molecule has 4 nitrogen and oxygen atoms in total. The lowest BCUT2D eigenvalue weighted by Crippen LogP contribution is -2.11. The minimum atomic E-state index is 0.305. The quantitative estimate of drug-likeness (QED) is 0.871. The molecule has 0 unspecified atom stereocenters. The summed E-state index contributed by atoms with van der Waals surface area (Å²) >= 11 is 5.23. The molecule has 2 aromatic rings. The predicted molar refractivity (Wildman–Crippen MR) is 84.7 cm³/mol. The molecular formula is C13H17BrN4S.